The fourth-order valence-electron chi connectivity index (χ4n) is 3.18. The zero-order valence-electron chi connectivity index (χ0n) is 15.2. The molecule has 25 heavy (non-hydrogen) atoms. The molecule has 0 saturated heterocycles. The second-order valence-corrected chi connectivity index (χ2v) is 7.76. The van der Waals surface area contributed by atoms with E-state index in [0.717, 1.165) is 36.6 Å². The Morgan fingerprint density at radius 2 is 1.88 bits per heavy atom. The van der Waals surface area contributed by atoms with Gasteiger partial charge in [0.25, 0.3) is 5.91 Å². The van der Waals surface area contributed by atoms with Crippen LogP contribution in [0.3, 0.4) is 0 Å². The third-order valence-corrected chi connectivity index (χ3v) is 5.74. The molecular weight excluding hydrogens is 328 g/mol. The Bertz CT molecular complexity index is 727. The van der Waals surface area contributed by atoms with Crippen molar-refractivity contribution in [3.8, 4) is 0 Å². The molecule has 1 heterocycles. The highest BCUT2D eigenvalue weighted by Crippen LogP contribution is 2.35. The summed E-state index contributed by atoms with van der Waals surface area (Å²) in [5.74, 6) is 1.04. The van der Waals surface area contributed by atoms with Crippen LogP contribution in [0.5, 0.6) is 0 Å². The van der Waals surface area contributed by atoms with Crippen LogP contribution in [0.2, 0.25) is 0 Å². The smallest absolute Gasteiger partial charge is 0.258 e. The highest BCUT2D eigenvalue weighted by Gasteiger charge is 2.23. The molecule has 3 rings (SSSR count). The zero-order chi connectivity index (χ0) is 17.8. The molecule has 0 N–H and O–H groups in total. The second-order valence-electron chi connectivity index (χ2n) is 6.63. The summed E-state index contributed by atoms with van der Waals surface area (Å²) in [6.07, 6.45) is 0. The molecule has 0 fully saturated rings. The molecule has 0 aromatic heterocycles. The van der Waals surface area contributed by atoms with Gasteiger partial charge in [0.05, 0.1) is 5.69 Å². The van der Waals surface area contributed by atoms with Gasteiger partial charge in [-0.2, -0.15) is 0 Å². The number of hydrogen-bond acceptors (Lipinski definition) is 3. The van der Waals surface area contributed by atoms with Gasteiger partial charge in [0.15, 0.2) is 0 Å². The fraction of sp³-hybridized carbons (Fsp3) is 0.381. The van der Waals surface area contributed by atoms with Crippen LogP contribution in [-0.4, -0.2) is 35.7 Å². The molecular formula is C21H26N2OS. The van der Waals surface area contributed by atoms with E-state index in [4.69, 9.17) is 0 Å². The highest BCUT2D eigenvalue weighted by atomic mass is 32.2. The van der Waals surface area contributed by atoms with Gasteiger partial charge in [-0.25, -0.2) is 0 Å². The molecule has 2 aromatic rings. The Morgan fingerprint density at radius 3 is 2.56 bits per heavy atom. The molecule has 0 saturated carbocycles. The van der Waals surface area contributed by atoms with E-state index < -0.39 is 0 Å². The van der Waals surface area contributed by atoms with Crippen molar-refractivity contribution in [2.75, 3.05) is 23.7 Å². The summed E-state index contributed by atoms with van der Waals surface area (Å²) >= 11 is 1.82. The molecule has 1 amide bonds. The van der Waals surface area contributed by atoms with Gasteiger partial charge in [-0.1, -0.05) is 31.2 Å². The number of amides is 1. The van der Waals surface area contributed by atoms with Gasteiger partial charge in [-0.3, -0.25) is 9.69 Å². The first-order valence-corrected chi connectivity index (χ1v) is 9.95. The third-order valence-electron chi connectivity index (χ3n) is 4.70. The maximum Gasteiger partial charge on any atom is 0.258 e. The maximum absolute atomic E-state index is 13.0. The average molecular weight is 355 g/mol. The van der Waals surface area contributed by atoms with E-state index >= 15 is 0 Å². The lowest BCUT2D eigenvalue weighted by Crippen LogP contribution is -2.35. The Labute approximate surface area is 155 Å². The first-order chi connectivity index (χ1) is 12.1. The minimum Gasteiger partial charge on any atom is -0.306 e. The molecule has 3 nitrogen and oxygen atoms in total. The number of carbonyl (C=O) groups is 1. The number of nitrogens with zero attached hydrogens (tertiary/aromatic N) is 2. The van der Waals surface area contributed by atoms with Crippen LogP contribution in [0.1, 0.15) is 36.7 Å². The van der Waals surface area contributed by atoms with Crippen LogP contribution in [-0.2, 0) is 6.54 Å². The number of fused-ring (bicyclic) bond motifs is 1. The monoisotopic (exact) mass is 354 g/mol. The molecule has 0 atom stereocenters. The second kappa shape index (κ2) is 8.07. The lowest BCUT2D eigenvalue weighted by Gasteiger charge is -2.29. The summed E-state index contributed by atoms with van der Waals surface area (Å²) in [6.45, 7) is 9.33. The van der Waals surface area contributed by atoms with Crippen molar-refractivity contribution in [1.29, 1.82) is 0 Å². The van der Waals surface area contributed by atoms with Crippen molar-refractivity contribution in [2.45, 2.75) is 38.3 Å². The summed E-state index contributed by atoms with van der Waals surface area (Å²) in [5, 5.41) is 0. The fourth-order valence-corrected chi connectivity index (χ4v) is 4.18. The molecule has 0 spiro atoms. The standard InChI is InChI=1S/C21H26N2OS/c1-4-22(16(2)3)15-17-9-11-18(12-10-17)21(24)23-13-14-25-20-8-6-5-7-19(20)23/h5-12,16H,4,13-15H2,1-3H3. The Kier molecular flexibility index (Phi) is 5.82. The summed E-state index contributed by atoms with van der Waals surface area (Å²) in [6, 6.07) is 16.8. The molecule has 0 aliphatic carbocycles. The topological polar surface area (TPSA) is 23.6 Å². The van der Waals surface area contributed by atoms with Gasteiger partial charge >= 0.3 is 0 Å². The maximum atomic E-state index is 13.0. The quantitative estimate of drug-likeness (QED) is 0.779. The van der Waals surface area contributed by atoms with E-state index in [9.17, 15) is 4.79 Å². The van der Waals surface area contributed by atoms with E-state index in [1.54, 1.807) is 0 Å². The minimum absolute atomic E-state index is 0.0931. The Balaban J connectivity index is 1.76. The van der Waals surface area contributed by atoms with Crippen LogP contribution in [0.25, 0.3) is 0 Å². The third kappa shape index (κ3) is 4.07. The van der Waals surface area contributed by atoms with Crippen molar-refractivity contribution in [2.24, 2.45) is 0 Å². The first kappa shape index (κ1) is 18.0. The number of anilines is 1. The van der Waals surface area contributed by atoms with Gasteiger partial charge < -0.3 is 4.90 Å². The predicted molar refractivity (Wildman–Crippen MR) is 107 cm³/mol. The molecule has 1 aliphatic rings. The van der Waals surface area contributed by atoms with Gasteiger partial charge in [-0.15, -0.1) is 11.8 Å². The number of para-hydroxylation sites is 1. The molecule has 0 unspecified atom stereocenters. The van der Waals surface area contributed by atoms with Crippen molar-refractivity contribution >= 4 is 23.4 Å². The van der Waals surface area contributed by atoms with Gasteiger partial charge in [0, 0.05) is 35.3 Å². The SMILES string of the molecule is CCN(Cc1ccc(C(=O)N2CCSc3ccccc32)cc1)C(C)C. The van der Waals surface area contributed by atoms with E-state index in [1.165, 1.54) is 10.5 Å². The molecule has 2 aromatic carbocycles. The average Bonchev–Trinajstić information content (AvgIpc) is 2.65. The van der Waals surface area contributed by atoms with E-state index in [0.29, 0.717) is 6.04 Å². The van der Waals surface area contributed by atoms with Crippen molar-refractivity contribution in [1.82, 2.24) is 4.90 Å². The normalized spacial score (nSPS) is 14.0. The molecule has 0 bridgehead atoms. The summed E-state index contributed by atoms with van der Waals surface area (Å²) in [5.41, 5.74) is 3.05. The van der Waals surface area contributed by atoms with Crippen molar-refractivity contribution < 1.29 is 4.79 Å². The van der Waals surface area contributed by atoms with Gasteiger partial charge in [0.2, 0.25) is 0 Å². The zero-order valence-corrected chi connectivity index (χ0v) is 16.1. The number of rotatable bonds is 5. The Hall–Kier alpha value is -1.78. The Morgan fingerprint density at radius 1 is 1.16 bits per heavy atom. The number of thioether (sulfide) groups is 1. The van der Waals surface area contributed by atoms with Crippen molar-refractivity contribution in [3.63, 3.8) is 0 Å². The largest absolute Gasteiger partial charge is 0.306 e. The van der Waals surface area contributed by atoms with E-state index in [1.807, 2.05) is 47.0 Å². The molecule has 1 aliphatic heterocycles. The number of carbonyl (C=O) groups excluding carboxylic acids is 1. The molecule has 4 heteroatoms. The minimum atomic E-state index is 0.0931. The van der Waals surface area contributed by atoms with Gasteiger partial charge in [0.1, 0.15) is 0 Å². The van der Waals surface area contributed by atoms with Crippen LogP contribution in [0.15, 0.2) is 53.4 Å². The summed E-state index contributed by atoms with van der Waals surface area (Å²) < 4.78 is 0. The van der Waals surface area contributed by atoms with Crippen LogP contribution < -0.4 is 4.90 Å². The highest BCUT2D eigenvalue weighted by molar-refractivity contribution is 7.99. The molecule has 0 radical (unpaired) electrons. The first-order valence-electron chi connectivity index (χ1n) is 8.97. The van der Waals surface area contributed by atoms with E-state index in [2.05, 4.69) is 43.9 Å². The van der Waals surface area contributed by atoms with Crippen LogP contribution in [0.4, 0.5) is 5.69 Å². The number of benzene rings is 2. The lowest BCUT2D eigenvalue weighted by atomic mass is 10.1. The van der Waals surface area contributed by atoms with Crippen molar-refractivity contribution in [3.05, 3.63) is 59.7 Å². The summed E-state index contributed by atoms with van der Waals surface area (Å²) in [4.78, 5) is 18.5. The molecule has 132 valence electrons. The lowest BCUT2D eigenvalue weighted by molar-refractivity contribution is 0.0987. The number of hydrogen-bond donors (Lipinski definition) is 0. The van der Waals surface area contributed by atoms with Gasteiger partial charge in [-0.05, 0) is 50.2 Å². The van der Waals surface area contributed by atoms with E-state index in [-0.39, 0.29) is 5.91 Å². The van der Waals surface area contributed by atoms with Crippen LogP contribution in [0, 0.1) is 0 Å². The predicted octanol–water partition coefficient (Wildman–Crippen LogP) is 4.67. The van der Waals surface area contributed by atoms with Crippen LogP contribution >= 0.6 is 11.8 Å². The summed E-state index contributed by atoms with van der Waals surface area (Å²) in [7, 11) is 0.